The minimum atomic E-state index is -0.729. The van der Waals surface area contributed by atoms with Crippen molar-refractivity contribution in [3.63, 3.8) is 0 Å². The first-order chi connectivity index (χ1) is 8.50. The Hall–Kier alpha value is -1.35. The number of aryl methyl sites for hydroxylation is 2. The van der Waals surface area contributed by atoms with Gasteiger partial charge < -0.3 is 5.11 Å². The van der Waals surface area contributed by atoms with Crippen LogP contribution in [0.1, 0.15) is 36.5 Å². The van der Waals surface area contributed by atoms with Crippen molar-refractivity contribution in [3.8, 4) is 0 Å². The number of nitrogens with zero attached hydrogens (tertiary/aromatic N) is 1. The van der Waals surface area contributed by atoms with Crippen molar-refractivity contribution in [2.75, 3.05) is 0 Å². The number of hydrogen-bond acceptors (Lipinski definition) is 2. The van der Waals surface area contributed by atoms with Crippen LogP contribution in [0.2, 0.25) is 0 Å². The molecule has 1 aliphatic rings. The second-order valence-corrected chi connectivity index (χ2v) is 5.29. The molecule has 0 aliphatic heterocycles. The van der Waals surface area contributed by atoms with Gasteiger partial charge in [0.2, 0.25) is 0 Å². The van der Waals surface area contributed by atoms with E-state index < -0.39 is 12.0 Å². The first kappa shape index (κ1) is 13.1. The summed E-state index contributed by atoms with van der Waals surface area (Å²) in [6.45, 7) is 6.72. The Labute approximate surface area is 108 Å². The molecule has 0 saturated heterocycles. The van der Waals surface area contributed by atoms with Gasteiger partial charge in [-0.15, -0.1) is 0 Å². The third kappa shape index (κ3) is 2.72. The lowest BCUT2D eigenvalue weighted by Gasteiger charge is -2.27. The average molecular weight is 247 g/mol. The maximum atomic E-state index is 11.2. The van der Waals surface area contributed by atoms with Gasteiger partial charge in [0.1, 0.15) is 6.04 Å². The van der Waals surface area contributed by atoms with E-state index in [4.69, 9.17) is 0 Å². The van der Waals surface area contributed by atoms with Gasteiger partial charge in [0, 0.05) is 12.6 Å². The molecule has 98 valence electrons. The number of carbonyl (C=O) groups is 1. The molecule has 0 radical (unpaired) electrons. The minimum Gasteiger partial charge on any atom is -0.480 e. The van der Waals surface area contributed by atoms with Crippen LogP contribution in [-0.4, -0.2) is 28.1 Å². The van der Waals surface area contributed by atoms with E-state index >= 15 is 0 Å². The summed E-state index contributed by atoms with van der Waals surface area (Å²) in [4.78, 5) is 13.3. The van der Waals surface area contributed by atoms with Gasteiger partial charge in [-0.2, -0.15) is 0 Å². The Balaban J connectivity index is 2.21. The molecule has 0 amide bonds. The quantitative estimate of drug-likeness (QED) is 0.869. The van der Waals surface area contributed by atoms with Crippen molar-refractivity contribution in [2.24, 2.45) is 0 Å². The number of carboxylic acid groups (broad SMARTS) is 1. The number of aliphatic carboxylic acids is 1. The fourth-order valence-corrected chi connectivity index (χ4v) is 2.41. The van der Waals surface area contributed by atoms with Crippen molar-refractivity contribution < 1.29 is 9.90 Å². The first-order valence-electron chi connectivity index (χ1n) is 6.54. The van der Waals surface area contributed by atoms with Crippen LogP contribution in [0.5, 0.6) is 0 Å². The molecular formula is C15H21NO2. The summed E-state index contributed by atoms with van der Waals surface area (Å²) in [6.07, 6.45) is 2.26. The maximum absolute atomic E-state index is 11.2. The van der Waals surface area contributed by atoms with Crippen LogP contribution in [0, 0.1) is 13.8 Å². The van der Waals surface area contributed by atoms with Crippen LogP contribution < -0.4 is 0 Å². The van der Waals surface area contributed by atoms with Crippen LogP contribution in [0.25, 0.3) is 0 Å². The fraction of sp³-hybridized carbons (Fsp3) is 0.533. The Kier molecular flexibility index (Phi) is 3.71. The van der Waals surface area contributed by atoms with E-state index in [9.17, 15) is 9.90 Å². The molecule has 1 N–H and O–H groups in total. The summed E-state index contributed by atoms with van der Waals surface area (Å²) >= 11 is 0. The summed E-state index contributed by atoms with van der Waals surface area (Å²) in [5, 5.41) is 9.20. The highest BCUT2D eigenvalue weighted by molar-refractivity contribution is 5.73. The average Bonchev–Trinajstić information content (AvgIpc) is 3.12. The summed E-state index contributed by atoms with van der Waals surface area (Å²) < 4.78 is 0. The fourth-order valence-electron chi connectivity index (χ4n) is 2.41. The van der Waals surface area contributed by atoms with Crippen LogP contribution in [0.15, 0.2) is 18.2 Å². The highest BCUT2D eigenvalue weighted by Gasteiger charge is 2.35. The number of rotatable bonds is 5. The molecule has 1 atom stereocenters. The molecule has 1 unspecified atom stereocenters. The van der Waals surface area contributed by atoms with Crippen molar-refractivity contribution in [2.45, 2.75) is 52.2 Å². The third-order valence-electron chi connectivity index (χ3n) is 3.86. The predicted octanol–water partition coefficient (Wildman–Crippen LogP) is 2.74. The van der Waals surface area contributed by atoms with Gasteiger partial charge in [-0.3, -0.25) is 9.69 Å². The van der Waals surface area contributed by atoms with E-state index in [0.717, 1.165) is 19.4 Å². The molecule has 0 heterocycles. The summed E-state index contributed by atoms with van der Waals surface area (Å²) in [5.74, 6) is -0.729. The van der Waals surface area contributed by atoms with Crippen molar-refractivity contribution in [1.29, 1.82) is 0 Å². The lowest BCUT2D eigenvalue weighted by molar-refractivity contribution is -0.143. The zero-order valence-corrected chi connectivity index (χ0v) is 11.3. The third-order valence-corrected chi connectivity index (χ3v) is 3.86. The minimum absolute atomic E-state index is 0.406. The van der Waals surface area contributed by atoms with Gasteiger partial charge >= 0.3 is 5.97 Å². The zero-order valence-electron chi connectivity index (χ0n) is 11.3. The van der Waals surface area contributed by atoms with Crippen LogP contribution >= 0.6 is 0 Å². The van der Waals surface area contributed by atoms with E-state index in [2.05, 4.69) is 36.9 Å². The molecule has 1 aromatic rings. The first-order valence-corrected chi connectivity index (χ1v) is 6.54. The topological polar surface area (TPSA) is 40.5 Å². The maximum Gasteiger partial charge on any atom is 0.320 e. The van der Waals surface area contributed by atoms with Gasteiger partial charge in [0.05, 0.1) is 0 Å². The Morgan fingerprint density at radius 3 is 2.39 bits per heavy atom. The number of hydrogen-bond donors (Lipinski definition) is 1. The molecule has 3 nitrogen and oxygen atoms in total. The van der Waals surface area contributed by atoms with Crippen LogP contribution in [-0.2, 0) is 11.3 Å². The molecule has 2 rings (SSSR count). The standard InChI is InChI=1S/C15H21NO2/c1-10-5-4-6-11(2)14(10)9-16(13-7-8-13)12(3)15(17)18/h4-6,12-13H,7-9H2,1-3H3,(H,17,18). The monoisotopic (exact) mass is 247 g/mol. The van der Waals surface area contributed by atoms with Crippen LogP contribution in [0.4, 0.5) is 0 Å². The summed E-state index contributed by atoms with van der Waals surface area (Å²) in [6, 6.07) is 6.29. The van der Waals surface area contributed by atoms with E-state index in [0.29, 0.717) is 6.04 Å². The Morgan fingerprint density at radius 2 is 1.94 bits per heavy atom. The molecule has 1 aliphatic carbocycles. The SMILES string of the molecule is Cc1cccc(C)c1CN(C1CC1)C(C)C(=O)O. The van der Waals surface area contributed by atoms with Gasteiger partial charge in [0.15, 0.2) is 0 Å². The molecule has 1 aromatic carbocycles. The molecule has 0 aromatic heterocycles. The van der Waals surface area contributed by atoms with Gasteiger partial charge in [-0.1, -0.05) is 18.2 Å². The van der Waals surface area contributed by atoms with Crippen molar-refractivity contribution in [3.05, 3.63) is 34.9 Å². The van der Waals surface area contributed by atoms with Crippen LogP contribution in [0.3, 0.4) is 0 Å². The van der Waals surface area contributed by atoms with E-state index in [1.54, 1.807) is 6.92 Å². The highest BCUT2D eigenvalue weighted by atomic mass is 16.4. The largest absolute Gasteiger partial charge is 0.480 e. The lowest BCUT2D eigenvalue weighted by Crippen LogP contribution is -2.40. The molecule has 0 spiro atoms. The van der Waals surface area contributed by atoms with Crippen molar-refractivity contribution >= 4 is 5.97 Å². The lowest BCUT2D eigenvalue weighted by atomic mass is 10.0. The zero-order chi connectivity index (χ0) is 13.3. The second kappa shape index (κ2) is 5.11. The van der Waals surface area contributed by atoms with E-state index in [1.807, 2.05) is 0 Å². The molecule has 3 heteroatoms. The molecule has 18 heavy (non-hydrogen) atoms. The second-order valence-electron chi connectivity index (χ2n) is 5.29. The van der Waals surface area contributed by atoms with E-state index in [1.165, 1.54) is 16.7 Å². The van der Waals surface area contributed by atoms with Crippen molar-refractivity contribution in [1.82, 2.24) is 4.90 Å². The number of benzene rings is 1. The molecule has 1 saturated carbocycles. The normalized spacial score (nSPS) is 16.9. The van der Waals surface area contributed by atoms with Gasteiger partial charge in [-0.05, 0) is 50.3 Å². The Morgan fingerprint density at radius 1 is 1.39 bits per heavy atom. The molecule has 0 bridgehead atoms. The molecular weight excluding hydrogens is 226 g/mol. The van der Waals surface area contributed by atoms with Gasteiger partial charge in [0.25, 0.3) is 0 Å². The summed E-state index contributed by atoms with van der Waals surface area (Å²) in [5.41, 5.74) is 3.77. The van der Waals surface area contributed by atoms with E-state index in [-0.39, 0.29) is 0 Å². The van der Waals surface area contributed by atoms with Gasteiger partial charge in [-0.25, -0.2) is 0 Å². The number of carboxylic acids is 1. The molecule has 1 fully saturated rings. The summed E-state index contributed by atoms with van der Waals surface area (Å²) in [7, 11) is 0. The predicted molar refractivity (Wildman–Crippen MR) is 71.6 cm³/mol. The Bertz CT molecular complexity index is 432. The smallest absolute Gasteiger partial charge is 0.320 e. The highest BCUT2D eigenvalue weighted by Crippen LogP contribution is 2.31.